The smallest absolute Gasteiger partial charge is 0.338 e. The van der Waals surface area contributed by atoms with Crippen molar-refractivity contribution in [2.75, 3.05) is 31.6 Å². The molecule has 0 fully saturated rings. The van der Waals surface area contributed by atoms with Gasteiger partial charge in [-0.1, -0.05) is 18.2 Å². The first-order chi connectivity index (χ1) is 15.6. The highest BCUT2D eigenvalue weighted by atomic mass is 16.5. The quantitative estimate of drug-likeness (QED) is 0.289. The van der Waals surface area contributed by atoms with Gasteiger partial charge in [0.25, 0.3) is 0 Å². The van der Waals surface area contributed by atoms with Gasteiger partial charge in [-0.2, -0.15) is 0 Å². The van der Waals surface area contributed by atoms with E-state index in [-0.39, 0.29) is 5.97 Å². The number of carbonyl (C=O) groups excluding carboxylic acids is 1. The highest BCUT2D eigenvalue weighted by Crippen LogP contribution is 2.42. The fraction of sp³-hybridized carbons (Fsp3) is 0.259. The number of nitrogens with zero attached hydrogens (tertiary/aromatic N) is 2. The summed E-state index contributed by atoms with van der Waals surface area (Å²) in [6, 6.07) is 19.8. The minimum atomic E-state index is -0.361. The number of rotatable bonds is 6. The zero-order chi connectivity index (χ0) is 22.7. The third-order valence-corrected chi connectivity index (χ3v) is 5.76. The average Bonchev–Trinajstić information content (AvgIpc) is 2.83. The van der Waals surface area contributed by atoms with E-state index in [1.54, 1.807) is 6.07 Å². The minimum Gasteiger partial charge on any atom is -0.465 e. The Bertz CT molecular complexity index is 1300. The topological polar surface area (TPSA) is 55.0 Å². The number of methoxy groups -OCH3 is 1. The molecule has 0 unspecified atom stereocenters. The normalized spacial score (nSPS) is 11.8. The molecule has 0 saturated carbocycles. The highest BCUT2D eigenvalue weighted by Gasteiger charge is 2.22. The number of carbonyl (C=O) groups is 1. The van der Waals surface area contributed by atoms with Crippen LogP contribution in [0.1, 0.15) is 31.1 Å². The second-order valence-corrected chi connectivity index (χ2v) is 7.52. The van der Waals surface area contributed by atoms with Crippen molar-refractivity contribution in [1.29, 1.82) is 0 Å². The molecule has 0 saturated heterocycles. The van der Waals surface area contributed by atoms with E-state index in [0.29, 0.717) is 12.1 Å². The Labute approximate surface area is 188 Å². The predicted octanol–water partition coefficient (Wildman–Crippen LogP) is 5.76. The van der Waals surface area contributed by atoms with Crippen molar-refractivity contribution in [2.24, 2.45) is 4.99 Å². The maximum atomic E-state index is 12.6. The van der Waals surface area contributed by atoms with Crippen molar-refractivity contribution >= 4 is 22.6 Å². The molecule has 2 aliphatic rings. The van der Waals surface area contributed by atoms with Gasteiger partial charge in [0.05, 0.1) is 18.0 Å². The van der Waals surface area contributed by atoms with Crippen LogP contribution in [0.3, 0.4) is 0 Å². The molecule has 32 heavy (non-hydrogen) atoms. The van der Waals surface area contributed by atoms with Crippen LogP contribution in [0.4, 0.5) is 5.69 Å². The molecule has 1 heterocycles. The van der Waals surface area contributed by atoms with Gasteiger partial charge in [-0.05, 0) is 56.7 Å². The molecule has 2 aromatic rings. The molecule has 5 heteroatoms. The van der Waals surface area contributed by atoms with Gasteiger partial charge in [-0.25, -0.2) is 4.79 Å². The van der Waals surface area contributed by atoms with Crippen LogP contribution in [-0.4, -0.2) is 32.7 Å². The van der Waals surface area contributed by atoms with Crippen LogP contribution in [0, 0.1) is 0 Å². The van der Waals surface area contributed by atoms with Crippen molar-refractivity contribution in [3.63, 3.8) is 0 Å². The van der Waals surface area contributed by atoms with Gasteiger partial charge in [0.15, 0.2) is 0 Å². The van der Waals surface area contributed by atoms with Crippen LogP contribution in [0.15, 0.2) is 70.1 Å². The van der Waals surface area contributed by atoms with Gasteiger partial charge in [0, 0.05) is 54.0 Å². The van der Waals surface area contributed by atoms with Crippen LogP contribution in [-0.2, 0) is 4.74 Å². The van der Waals surface area contributed by atoms with E-state index in [9.17, 15) is 4.79 Å². The molecular formula is C27H28N2O3. The summed E-state index contributed by atoms with van der Waals surface area (Å²) in [6.45, 7) is 8.81. The first-order valence-corrected chi connectivity index (χ1v) is 11.0. The van der Waals surface area contributed by atoms with Crippen LogP contribution in [0.5, 0.6) is 0 Å². The number of hydrogen-bond acceptors (Lipinski definition) is 5. The Hall–Kier alpha value is -3.60. The lowest BCUT2D eigenvalue weighted by molar-refractivity contribution is 0.0601. The summed E-state index contributed by atoms with van der Waals surface area (Å²) >= 11 is 0. The first kappa shape index (κ1) is 21.6. The second kappa shape index (κ2) is 9.27. The third-order valence-electron chi connectivity index (χ3n) is 5.76. The average molecular weight is 429 g/mol. The summed E-state index contributed by atoms with van der Waals surface area (Å²) in [6.07, 6.45) is 0. The largest absolute Gasteiger partial charge is 0.465 e. The van der Waals surface area contributed by atoms with Crippen molar-refractivity contribution < 1.29 is 13.9 Å². The van der Waals surface area contributed by atoms with E-state index in [2.05, 4.69) is 41.9 Å². The van der Waals surface area contributed by atoms with Gasteiger partial charge >= 0.3 is 5.97 Å². The summed E-state index contributed by atoms with van der Waals surface area (Å²) in [5.74, 6) is 0.374. The number of fused-ring (bicyclic) bond motifs is 2. The summed E-state index contributed by atoms with van der Waals surface area (Å²) in [7, 11) is 1.41. The van der Waals surface area contributed by atoms with Crippen molar-refractivity contribution in [3.8, 4) is 22.5 Å². The van der Waals surface area contributed by atoms with E-state index in [1.165, 1.54) is 7.11 Å². The van der Waals surface area contributed by atoms with Crippen molar-refractivity contribution in [3.05, 3.63) is 71.6 Å². The van der Waals surface area contributed by atoms with Crippen LogP contribution in [0.2, 0.25) is 0 Å². The molecule has 2 aromatic carbocycles. The molecule has 0 amide bonds. The molecular weight excluding hydrogens is 400 g/mol. The molecule has 5 nitrogen and oxygen atoms in total. The lowest BCUT2D eigenvalue weighted by Crippen LogP contribution is -2.21. The van der Waals surface area contributed by atoms with Gasteiger partial charge in [0.2, 0.25) is 0 Å². The fourth-order valence-corrected chi connectivity index (χ4v) is 4.21. The summed E-state index contributed by atoms with van der Waals surface area (Å²) in [5, 5.41) is 1.82. The second-order valence-electron chi connectivity index (χ2n) is 7.52. The van der Waals surface area contributed by atoms with E-state index >= 15 is 0 Å². The van der Waals surface area contributed by atoms with E-state index in [4.69, 9.17) is 9.15 Å². The predicted molar refractivity (Wildman–Crippen MR) is 129 cm³/mol. The fourth-order valence-electron chi connectivity index (χ4n) is 4.21. The van der Waals surface area contributed by atoms with Gasteiger partial charge in [0.1, 0.15) is 11.3 Å². The molecule has 0 spiro atoms. The van der Waals surface area contributed by atoms with Crippen LogP contribution in [0.25, 0.3) is 33.4 Å². The molecule has 1 aliphatic heterocycles. The van der Waals surface area contributed by atoms with Crippen molar-refractivity contribution in [2.45, 2.75) is 20.8 Å². The Kier molecular flexibility index (Phi) is 6.26. The molecule has 164 valence electrons. The lowest BCUT2D eigenvalue weighted by atomic mass is 9.90. The Morgan fingerprint density at radius 2 is 1.75 bits per heavy atom. The van der Waals surface area contributed by atoms with E-state index in [1.807, 2.05) is 43.3 Å². The standard InChI is InChI=1S/C27H28N2O3/c1-5-28-18-12-14-22-24(16-18)32-25-17-19(29(6-2)7-3)13-15-23(25)26(22)20-10-8-9-11-21(20)27(30)31-4/h8-17H,5-7H2,1-4H3. The summed E-state index contributed by atoms with van der Waals surface area (Å²) in [5.41, 5.74) is 5.10. The lowest BCUT2D eigenvalue weighted by Gasteiger charge is -2.22. The monoisotopic (exact) mass is 428 g/mol. The number of esters is 1. The van der Waals surface area contributed by atoms with Crippen LogP contribution < -0.4 is 10.3 Å². The van der Waals surface area contributed by atoms with E-state index in [0.717, 1.165) is 57.6 Å². The molecule has 0 aromatic heterocycles. The van der Waals surface area contributed by atoms with Gasteiger partial charge in [-0.15, -0.1) is 0 Å². The molecule has 4 rings (SSSR count). The maximum Gasteiger partial charge on any atom is 0.338 e. The molecule has 0 bridgehead atoms. The Morgan fingerprint density at radius 1 is 0.969 bits per heavy atom. The maximum absolute atomic E-state index is 12.6. The number of benzene rings is 3. The zero-order valence-electron chi connectivity index (χ0n) is 19.0. The van der Waals surface area contributed by atoms with Gasteiger partial charge in [-0.3, -0.25) is 4.99 Å². The SMILES string of the molecule is CCN=c1ccc2c(-c3ccccc3C(=O)OC)c3ccc(N(CC)CC)cc3oc-2c1. The summed E-state index contributed by atoms with van der Waals surface area (Å²) in [4.78, 5) is 19.4. The van der Waals surface area contributed by atoms with Crippen molar-refractivity contribution in [1.82, 2.24) is 0 Å². The number of anilines is 1. The molecule has 0 atom stereocenters. The number of hydrogen-bond donors (Lipinski definition) is 0. The molecule has 0 N–H and O–H groups in total. The van der Waals surface area contributed by atoms with Crippen LogP contribution >= 0.6 is 0 Å². The van der Waals surface area contributed by atoms with E-state index < -0.39 is 0 Å². The zero-order valence-corrected chi connectivity index (χ0v) is 19.0. The first-order valence-electron chi connectivity index (χ1n) is 11.0. The summed E-state index contributed by atoms with van der Waals surface area (Å²) < 4.78 is 11.5. The molecule has 0 radical (unpaired) electrons. The highest BCUT2D eigenvalue weighted by molar-refractivity contribution is 6.08. The number of ether oxygens (including phenoxy) is 1. The Morgan fingerprint density at radius 3 is 2.47 bits per heavy atom. The third kappa shape index (κ3) is 3.86. The molecule has 1 aliphatic carbocycles. The Balaban J connectivity index is 2.10. The van der Waals surface area contributed by atoms with Gasteiger partial charge < -0.3 is 14.1 Å². The minimum absolute atomic E-state index is 0.361.